The van der Waals surface area contributed by atoms with Crippen molar-refractivity contribution in [3.05, 3.63) is 0 Å². The Hall–Kier alpha value is 0.294. The number of hydrogen-bond donors (Lipinski definition) is 16. The largest absolute Gasteiger partial charge is 0.412 e. The lowest BCUT2D eigenvalue weighted by molar-refractivity contribution is 0.167. The summed E-state index contributed by atoms with van der Waals surface area (Å²) in [6.07, 6.45) is 51.1. The van der Waals surface area contributed by atoms with Gasteiger partial charge in [-0.3, -0.25) is 85.1 Å². The molecule has 16 atom stereocenters. The number of nitrogens with one attached hydrogen (secondary N) is 16. The monoisotopic (exact) mass is 1280 g/mol. The van der Waals surface area contributed by atoms with Crippen LogP contribution in [-0.2, 0) is 0 Å². The highest BCUT2D eigenvalue weighted by Gasteiger charge is 2.57. The van der Waals surface area contributed by atoms with E-state index in [-0.39, 0.29) is 57.7 Å². The van der Waals surface area contributed by atoms with E-state index in [1.807, 2.05) is 0 Å². The van der Waals surface area contributed by atoms with Crippen LogP contribution in [0.4, 0.5) is 0 Å². The van der Waals surface area contributed by atoms with Crippen LogP contribution in [0.15, 0.2) is 0 Å². The van der Waals surface area contributed by atoms with Crippen LogP contribution in [0.3, 0.4) is 0 Å². The number of rotatable bonds is 0. The summed E-state index contributed by atoms with van der Waals surface area (Å²) < 4.78 is 0. The molecule has 16 unspecified atom stereocenters. The Labute approximate surface area is 538 Å². The minimum atomic E-state index is 0. The van der Waals surface area contributed by atoms with Gasteiger partial charge in [0.05, 0.1) is 98.7 Å². The van der Waals surface area contributed by atoms with Gasteiger partial charge < -0.3 is 11.0 Å². The molecule has 10 saturated heterocycles. The van der Waals surface area contributed by atoms with Crippen LogP contribution in [0.25, 0.3) is 0 Å². The Morgan fingerprint density at radius 2 is 0.186 bits per heavy atom. The molecule has 22 heteroatoms. The summed E-state index contributed by atoms with van der Waals surface area (Å²) in [6, 6.07) is 0. The topological polar surface area (TPSA) is 255 Å². The first-order chi connectivity index (χ1) is 39.6. The van der Waals surface area contributed by atoms with Gasteiger partial charge in [0, 0.05) is 0 Å². The lowest BCUT2D eigenvalue weighted by Crippen LogP contribution is -2.61. The van der Waals surface area contributed by atoms with Crippen molar-refractivity contribution in [1.29, 1.82) is 0 Å². The van der Waals surface area contributed by atoms with Crippen molar-refractivity contribution in [2.24, 2.45) is 94.7 Å². The summed E-state index contributed by atoms with van der Waals surface area (Å²) in [5, 5.41) is 67.6. The normalized spacial score (nSPS) is 53.6. The molecule has 0 amide bonds. The average molecular weight is 1280 g/mol. The Morgan fingerprint density at radius 1 is 0.128 bits per heavy atom. The van der Waals surface area contributed by atoms with Crippen molar-refractivity contribution in [3.63, 3.8) is 0 Å². The van der Waals surface area contributed by atoms with Gasteiger partial charge in [-0.1, -0.05) is 103 Å². The molecule has 10 heterocycles. The first kappa shape index (κ1) is 67.7. The van der Waals surface area contributed by atoms with Gasteiger partial charge in [0.2, 0.25) is 0 Å². The molecule has 496 valence electrons. The van der Waals surface area contributed by atoms with Crippen molar-refractivity contribution in [2.45, 2.75) is 304 Å². The Balaban J connectivity index is 0.000000167. The van der Waals surface area contributed by atoms with E-state index in [0.29, 0.717) is 98.7 Å². The van der Waals surface area contributed by atoms with E-state index < -0.39 is 0 Å². The summed E-state index contributed by atoms with van der Waals surface area (Å²) in [6.45, 7) is 0. The summed E-state index contributed by atoms with van der Waals surface area (Å²) in [4.78, 5) is 0. The first-order valence-corrected chi connectivity index (χ1v) is 35.8. The van der Waals surface area contributed by atoms with Crippen LogP contribution < -0.4 is 85.1 Å². The van der Waals surface area contributed by atoms with Gasteiger partial charge in [0.15, 0.2) is 0 Å². The average Bonchev–Trinajstić information content (AvgIpc) is 3.95. The van der Waals surface area contributed by atoms with Crippen LogP contribution in [0.2, 0.25) is 0 Å². The Kier molecular flexibility index (Phi) is 22.9. The van der Waals surface area contributed by atoms with Crippen molar-refractivity contribution in [1.82, 2.24) is 85.1 Å². The maximum absolute atomic E-state index is 4.26. The molecule has 0 aromatic carbocycles. The van der Waals surface area contributed by atoms with Crippen molar-refractivity contribution < 1.29 is 11.0 Å². The molecular weight excluding hydrogens is 1150 g/mol. The fourth-order valence-electron chi connectivity index (χ4n) is 23.9. The molecule has 0 spiro atoms. The first-order valence-electron chi connectivity index (χ1n) is 35.8. The van der Waals surface area contributed by atoms with Gasteiger partial charge in [-0.05, 0) is 219 Å². The SMILES string of the molecule is C1CCC2C3NC(NC4NC(NC5NC(NC6NC(N3)C3CCCCC63)C3CCCCC53)C3CCCCC43)C2C1.C1CCC2C3NC(NC4NC(NC5NC(NC6NC(N3)C3CCCCC63)C3CCCCC53)C3CCCCC43)C2C1.Cl.Cl.O.O.[SiH4].[SiH4]. The smallest absolute Gasteiger partial charge is 0.0628 e. The van der Waals surface area contributed by atoms with E-state index >= 15 is 0 Å². The second kappa shape index (κ2) is 29.1. The van der Waals surface area contributed by atoms with Crippen molar-refractivity contribution >= 4 is 46.7 Å². The molecule has 0 aromatic rings. The molecule has 18 nitrogen and oxygen atoms in total. The van der Waals surface area contributed by atoms with Crippen LogP contribution in [0, 0.1) is 94.7 Å². The highest BCUT2D eigenvalue weighted by Crippen LogP contribution is 2.49. The maximum Gasteiger partial charge on any atom is 0.0628 e. The van der Waals surface area contributed by atoms with Gasteiger partial charge in [-0.25, -0.2) is 0 Å². The fourth-order valence-corrected chi connectivity index (χ4v) is 23.9. The zero-order valence-electron chi connectivity index (χ0n) is 50.9. The summed E-state index contributed by atoms with van der Waals surface area (Å²) in [5.41, 5.74) is 0. The maximum atomic E-state index is 4.26. The van der Waals surface area contributed by atoms with E-state index in [2.05, 4.69) is 85.1 Å². The highest BCUT2D eigenvalue weighted by atomic mass is 35.5. The molecule has 86 heavy (non-hydrogen) atoms. The second-order valence-corrected chi connectivity index (χ2v) is 31.2. The quantitative estimate of drug-likeness (QED) is 0.154. The molecule has 16 bridgehead atoms. The van der Waals surface area contributed by atoms with Gasteiger partial charge in [0.1, 0.15) is 0 Å². The van der Waals surface area contributed by atoms with Gasteiger partial charge in [-0.15, -0.1) is 24.8 Å². The standard InChI is InChI=1S/2C32H56N8.2ClH.2H2O.2H4Si/c2*1-2-10-18-17(9-1)25-33-26(18)38-28-21-13-5-6-14-22(21)30(35-28)40-32-24-16-8-7-15-23(24)31(36-32)39-29-20-12-4-3-11-19(20)27(34-29)37-25;;;;;;/h2*17-40H,1-16H2;2*1H;2*1H2;2*1H4. The second-order valence-electron chi connectivity index (χ2n) is 31.2. The van der Waals surface area contributed by atoms with Gasteiger partial charge in [-0.2, -0.15) is 0 Å². The van der Waals surface area contributed by atoms with Crippen LogP contribution in [0.1, 0.15) is 205 Å². The third-order valence-electron chi connectivity index (χ3n) is 27.6. The zero-order chi connectivity index (χ0) is 52.4. The molecule has 10 aliphatic heterocycles. The lowest BCUT2D eigenvalue weighted by atomic mass is 9.76. The van der Waals surface area contributed by atoms with E-state index in [9.17, 15) is 0 Å². The molecular formula is C64H126Cl2N16O2Si2. The molecule has 8 aliphatic carbocycles. The Bertz CT molecular complexity index is 1600. The van der Waals surface area contributed by atoms with Crippen molar-refractivity contribution in [3.8, 4) is 0 Å². The fraction of sp³-hybridized carbons (Fsp3) is 1.00. The van der Waals surface area contributed by atoms with Crippen LogP contribution >= 0.6 is 24.8 Å². The van der Waals surface area contributed by atoms with Crippen molar-refractivity contribution in [2.75, 3.05) is 0 Å². The van der Waals surface area contributed by atoms with E-state index in [1.165, 1.54) is 205 Å². The van der Waals surface area contributed by atoms with E-state index in [0.717, 1.165) is 94.7 Å². The van der Waals surface area contributed by atoms with E-state index in [1.54, 1.807) is 0 Å². The molecule has 20 N–H and O–H groups in total. The molecule has 0 aromatic heterocycles. The van der Waals surface area contributed by atoms with Gasteiger partial charge >= 0.3 is 0 Å². The zero-order valence-corrected chi connectivity index (χ0v) is 52.6. The minimum absolute atomic E-state index is 0. The summed E-state index contributed by atoms with van der Waals surface area (Å²) in [5.74, 6) is 11.9. The molecule has 18 fully saturated rings. The number of fused-ring (bicyclic) bond motifs is 40. The summed E-state index contributed by atoms with van der Waals surface area (Å²) >= 11 is 0. The Morgan fingerprint density at radius 3 is 0.244 bits per heavy atom. The number of hydrogen-bond acceptors (Lipinski definition) is 16. The highest BCUT2D eigenvalue weighted by molar-refractivity contribution is 5.85. The van der Waals surface area contributed by atoms with Gasteiger partial charge in [0.25, 0.3) is 0 Å². The van der Waals surface area contributed by atoms with Crippen LogP contribution in [-0.4, -0.2) is 132 Å². The minimum Gasteiger partial charge on any atom is -0.412 e. The predicted octanol–water partition coefficient (Wildman–Crippen LogP) is 1.50. The third kappa shape index (κ3) is 12.5. The third-order valence-corrected chi connectivity index (χ3v) is 27.6. The van der Waals surface area contributed by atoms with Crippen LogP contribution in [0.5, 0.6) is 0 Å². The molecule has 0 radical (unpaired) electrons. The predicted molar refractivity (Wildman–Crippen MR) is 359 cm³/mol. The molecule has 18 rings (SSSR count). The molecule has 8 saturated carbocycles. The summed E-state index contributed by atoms with van der Waals surface area (Å²) in [7, 11) is 0. The number of halogens is 2. The lowest BCUT2D eigenvalue weighted by Gasteiger charge is -2.35. The molecule has 18 aliphatic rings. The van der Waals surface area contributed by atoms with E-state index in [4.69, 9.17) is 0 Å².